The van der Waals surface area contributed by atoms with Gasteiger partial charge in [0.1, 0.15) is 0 Å². The molecule has 0 aromatic heterocycles. The molecule has 1 aromatic rings. The molecule has 0 amide bonds. The quantitative estimate of drug-likeness (QED) is 0.922. The summed E-state index contributed by atoms with van der Waals surface area (Å²) in [5, 5.41) is 9.80. The molecule has 2 aliphatic rings. The molecular formula is C13H13BrO3S. The van der Waals surface area contributed by atoms with E-state index in [-0.39, 0.29) is 0 Å². The number of halogens is 1. The van der Waals surface area contributed by atoms with Gasteiger partial charge in [-0.1, -0.05) is 6.07 Å². The summed E-state index contributed by atoms with van der Waals surface area (Å²) in [5.41, 5.74) is 0.293. The molecule has 1 aliphatic heterocycles. The zero-order valence-corrected chi connectivity index (χ0v) is 12.1. The molecule has 1 saturated heterocycles. The van der Waals surface area contributed by atoms with Gasteiger partial charge in [0.15, 0.2) is 0 Å². The van der Waals surface area contributed by atoms with Crippen molar-refractivity contribution >= 4 is 33.7 Å². The molecule has 1 saturated carbocycles. The smallest absolute Gasteiger partial charge is 0.314 e. The largest absolute Gasteiger partial charge is 0.481 e. The Kier molecular flexibility index (Phi) is 3.16. The molecule has 3 nitrogen and oxygen atoms in total. The Balaban J connectivity index is 1.82. The maximum Gasteiger partial charge on any atom is 0.314 e. The SMILES string of the molecule is O=C(O)C1(c2ccc(SC3COC3)c(Br)c2)CC1. The van der Waals surface area contributed by atoms with Gasteiger partial charge in [-0.25, -0.2) is 0 Å². The summed E-state index contributed by atoms with van der Waals surface area (Å²) in [4.78, 5) is 12.4. The minimum Gasteiger partial charge on any atom is -0.481 e. The first kappa shape index (κ1) is 12.5. The van der Waals surface area contributed by atoms with Crippen LogP contribution >= 0.6 is 27.7 Å². The van der Waals surface area contributed by atoms with Gasteiger partial charge in [-0.15, -0.1) is 11.8 Å². The predicted octanol–water partition coefficient (Wildman–Crippen LogP) is 3.06. The molecule has 0 radical (unpaired) electrons. The van der Waals surface area contributed by atoms with E-state index in [1.165, 1.54) is 0 Å². The van der Waals surface area contributed by atoms with Crippen molar-refractivity contribution < 1.29 is 14.6 Å². The number of carboxylic acid groups (broad SMARTS) is 1. The number of thioether (sulfide) groups is 1. The highest BCUT2D eigenvalue weighted by Crippen LogP contribution is 2.49. The summed E-state index contributed by atoms with van der Waals surface area (Å²) in [5.74, 6) is -0.706. The van der Waals surface area contributed by atoms with Gasteiger partial charge in [-0.2, -0.15) is 0 Å². The Hall–Kier alpha value is -0.520. The zero-order chi connectivity index (χ0) is 12.8. The van der Waals surface area contributed by atoms with Crippen molar-refractivity contribution in [2.24, 2.45) is 0 Å². The predicted molar refractivity (Wildman–Crippen MR) is 73.2 cm³/mol. The van der Waals surface area contributed by atoms with Crippen molar-refractivity contribution in [2.45, 2.75) is 28.4 Å². The number of rotatable bonds is 4. The number of hydrogen-bond acceptors (Lipinski definition) is 3. The molecule has 0 atom stereocenters. The lowest BCUT2D eigenvalue weighted by molar-refractivity contribution is -0.140. The van der Waals surface area contributed by atoms with Gasteiger partial charge in [0.05, 0.1) is 23.9 Å². The van der Waals surface area contributed by atoms with Crippen molar-refractivity contribution in [2.75, 3.05) is 13.2 Å². The van der Waals surface area contributed by atoms with Crippen LogP contribution in [-0.2, 0) is 14.9 Å². The Labute approximate surface area is 118 Å². The molecule has 1 aromatic carbocycles. The highest BCUT2D eigenvalue weighted by molar-refractivity contribution is 9.10. The molecule has 1 aliphatic carbocycles. The second kappa shape index (κ2) is 4.54. The third kappa shape index (κ3) is 2.08. The monoisotopic (exact) mass is 328 g/mol. The van der Waals surface area contributed by atoms with E-state index in [1.807, 2.05) is 18.2 Å². The third-order valence-electron chi connectivity index (χ3n) is 3.54. The summed E-state index contributed by atoms with van der Waals surface area (Å²) < 4.78 is 6.14. The van der Waals surface area contributed by atoms with Crippen LogP contribution in [0, 0.1) is 0 Å². The fraction of sp³-hybridized carbons (Fsp3) is 0.462. The minimum atomic E-state index is -0.706. The second-order valence-electron chi connectivity index (χ2n) is 4.81. The van der Waals surface area contributed by atoms with Gasteiger partial charge in [-0.3, -0.25) is 4.79 Å². The van der Waals surface area contributed by atoms with E-state index in [0.717, 1.165) is 41.0 Å². The van der Waals surface area contributed by atoms with E-state index < -0.39 is 11.4 Å². The van der Waals surface area contributed by atoms with Crippen molar-refractivity contribution in [1.82, 2.24) is 0 Å². The molecule has 3 rings (SSSR count). The number of carboxylic acids is 1. The van der Waals surface area contributed by atoms with E-state index in [1.54, 1.807) is 11.8 Å². The third-order valence-corrected chi connectivity index (χ3v) is 5.68. The van der Waals surface area contributed by atoms with Crippen molar-refractivity contribution in [3.8, 4) is 0 Å². The maximum absolute atomic E-state index is 11.3. The number of hydrogen-bond donors (Lipinski definition) is 1. The summed E-state index contributed by atoms with van der Waals surface area (Å²) in [6.45, 7) is 1.61. The number of ether oxygens (including phenoxy) is 1. The average molecular weight is 329 g/mol. The van der Waals surface area contributed by atoms with E-state index >= 15 is 0 Å². The first-order valence-corrected chi connectivity index (χ1v) is 7.57. The van der Waals surface area contributed by atoms with Crippen LogP contribution in [0.15, 0.2) is 27.6 Å². The molecule has 1 N–H and O–H groups in total. The van der Waals surface area contributed by atoms with E-state index in [4.69, 9.17) is 4.74 Å². The molecule has 5 heteroatoms. The van der Waals surface area contributed by atoms with Gasteiger partial charge >= 0.3 is 5.97 Å². The zero-order valence-electron chi connectivity index (χ0n) is 9.69. The number of benzene rings is 1. The molecule has 2 fully saturated rings. The standard InChI is InChI=1S/C13H13BrO3S/c14-10-5-8(13(3-4-13)12(15)16)1-2-11(10)18-9-6-17-7-9/h1-2,5,9H,3-4,6-7H2,(H,15,16). The number of aliphatic carboxylic acids is 1. The second-order valence-corrected chi connectivity index (χ2v) is 7.01. The molecule has 0 bridgehead atoms. The van der Waals surface area contributed by atoms with Crippen LogP contribution in [0.1, 0.15) is 18.4 Å². The molecule has 0 unspecified atom stereocenters. The maximum atomic E-state index is 11.3. The van der Waals surface area contributed by atoms with Crippen LogP contribution in [0.25, 0.3) is 0 Å². The average Bonchev–Trinajstić information content (AvgIpc) is 3.06. The Bertz CT molecular complexity index is 495. The fourth-order valence-corrected chi connectivity index (χ4v) is 3.77. The van der Waals surface area contributed by atoms with E-state index in [2.05, 4.69) is 15.9 Å². The Morgan fingerprint density at radius 2 is 2.17 bits per heavy atom. The summed E-state index contributed by atoms with van der Waals surface area (Å²) in [6, 6.07) is 5.93. The minimum absolute atomic E-state index is 0.529. The van der Waals surface area contributed by atoms with Crippen LogP contribution in [-0.4, -0.2) is 29.5 Å². The summed E-state index contributed by atoms with van der Waals surface area (Å²) in [7, 11) is 0. The van der Waals surface area contributed by atoms with Gasteiger partial charge in [0.25, 0.3) is 0 Å². The normalized spacial score (nSPS) is 21.4. The van der Waals surface area contributed by atoms with Gasteiger partial charge in [-0.05, 0) is 46.5 Å². The molecule has 96 valence electrons. The van der Waals surface area contributed by atoms with Gasteiger partial charge in [0.2, 0.25) is 0 Å². The van der Waals surface area contributed by atoms with E-state index in [9.17, 15) is 9.90 Å². The summed E-state index contributed by atoms with van der Waals surface area (Å²) >= 11 is 5.33. The number of carbonyl (C=O) groups is 1. The van der Waals surface area contributed by atoms with Crippen LogP contribution < -0.4 is 0 Å². The molecule has 1 heterocycles. The van der Waals surface area contributed by atoms with Crippen LogP contribution in [0.4, 0.5) is 0 Å². The first-order valence-electron chi connectivity index (χ1n) is 5.90. The van der Waals surface area contributed by atoms with Gasteiger partial charge < -0.3 is 9.84 Å². The highest BCUT2D eigenvalue weighted by atomic mass is 79.9. The fourth-order valence-electron chi connectivity index (χ4n) is 2.11. The lowest BCUT2D eigenvalue weighted by Crippen LogP contribution is -2.30. The van der Waals surface area contributed by atoms with Crippen molar-refractivity contribution in [1.29, 1.82) is 0 Å². The highest BCUT2D eigenvalue weighted by Gasteiger charge is 2.51. The lowest BCUT2D eigenvalue weighted by atomic mass is 9.96. The Morgan fingerprint density at radius 3 is 2.61 bits per heavy atom. The topological polar surface area (TPSA) is 46.5 Å². The van der Waals surface area contributed by atoms with Crippen LogP contribution in [0.3, 0.4) is 0 Å². The Morgan fingerprint density at radius 1 is 1.44 bits per heavy atom. The summed E-state index contributed by atoms with van der Waals surface area (Å²) in [6.07, 6.45) is 1.50. The van der Waals surface area contributed by atoms with Gasteiger partial charge in [0, 0.05) is 9.37 Å². The van der Waals surface area contributed by atoms with Crippen LogP contribution in [0.5, 0.6) is 0 Å². The van der Waals surface area contributed by atoms with E-state index in [0.29, 0.717) is 5.25 Å². The lowest BCUT2D eigenvalue weighted by Gasteiger charge is -2.25. The van der Waals surface area contributed by atoms with Crippen molar-refractivity contribution in [3.05, 3.63) is 28.2 Å². The van der Waals surface area contributed by atoms with Crippen molar-refractivity contribution in [3.63, 3.8) is 0 Å². The first-order chi connectivity index (χ1) is 8.62. The molecule has 18 heavy (non-hydrogen) atoms. The molecule has 0 spiro atoms. The van der Waals surface area contributed by atoms with Crippen LogP contribution in [0.2, 0.25) is 0 Å². The molecular weight excluding hydrogens is 316 g/mol.